The van der Waals surface area contributed by atoms with Gasteiger partial charge in [-0.25, -0.2) is 4.99 Å². The van der Waals surface area contributed by atoms with E-state index in [2.05, 4.69) is 36.3 Å². The minimum absolute atomic E-state index is 0.257. The fourth-order valence-corrected chi connectivity index (χ4v) is 3.51. The van der Waals surface area contributed by atoms with E-state index in [0.717, 1.165) is 24.2 Å². The maximum atomic E-state index is 14.1. The maximum absolute atomic E-state index is 14.1. The summed E-state index contributed by atoms with van der Waals surface area (Å²) in [6, 6.07) is 15.6. The van der Waals surface area contributed by atoms with Gasteiger partial charge in [0.25, 0.3) is 5.92 Å². The lowest BCUT2D eigenvalue weighted by atomic mass is 9.94. The van der Waals surface area contributed by atoms with Gasteiger partial charge in [0, 0.05) is 12.8 Å². The maximum Gasteiger partial charge on any atom is 0.267 e. The molecule has 1 heterocycles. The molecular formula is C24H28FN3O2. The second kappa shape index (κ2) is 9.67. The molecule has 158 valence electrons. The number of benzene rings is 2. The third kappa shape index (κ3) is 5.33. The average Bonchev–Trinajstić information content (AvgIpc) is 2.74. The minimum atomic E-state index is -2.42. The highest BCUT2D eigenvalue weighted by molar-refractivity contribution is 5.85. The predicted octanol–water partition coefficient (Wildman–Crippen LogP) is 4.84. The van der Waals surface area contributed by atoms with Crippen molar-refractivity contribution < 1.29 is 13.9 Å². The first-order chi connectivity index (χ1) is 14.4. The summed E-state index contributed by atoms with van der Waals surface area (Å²) in [6.07, 6.45) is 6.37. The molecule has 0 aliphatic carbocycles. The second-order valence-electron chi connectivity index (χ2n) is 7.42. The van der Waals surface area contributed by atoms with E-state index in [1.165, 1.54) is 23.9 Å². The molecule has 2 atom stereocenters. The first-order valence-corrected chi connectivity index (χ1v) is 10.3. The van der Waals surface area contributed by atoms with Crippen LogP contribution in [-0.4, -0.2) is 18.0 Å². The molecule has 0 saturated carbocycles. The number of allylic oxidation sites excluding steroid dienone is 1. The molecule has 0 radical (unpaired) electrons. The van der Waals surface area contributed by atoms with E-state index in [1.807, 2.05) is 36.4 Å². The number of carbonyl (C=O) groups is 1. The van der Waals surface area contributed by atoms with Gasteiger partial charge in [0.1, 0.15) is 17.4 Å². The van der Waals surface area contributed by atoms with Crippen molar-refractivity contribution in [2.45, 2.75) is 45.1 Å². The predicted molar refractivity (Wildman–Crippen MR) is 117 cm³/mol. The van der Waals surface area contributed by atoms with Gasteiger partial charge in [-0.3, -0.25) is 10.5 Å². The lowest BCUT2D eigenvalue weighted by Gasteiger charge is -2.25. The first-order valence-electron chi connectivity index (χ1n) is 10.3. The van der Waals surface area contributed by atoms with Crippen LogP contribution < -0.4 is 15.8 Å². The summed E-state index contributed by atoms with van der Waals surface area (Å²) >= 11 is 0. The van der Waals surface area contributed by atoms with Crippen molar-refractivity contribution in [1.82, 2.24) is 5.32 Å². The number of ether oxygens (including phenoxy) is 1. The van der Waals surface area contributed by atoms with E-state index in [4.69, 9.17) is 10.5 Å². The van der Waals surface area contributed by atoms with Gasteiger partial charge in [0.2, 0.25) is 5.91 Å². The molecule has 0 bridgehead atoms. The van der Waals surface area contributed by atoms with Crippen molar-refractivity contribution >= 4 is 12.1 Å². The Labute approximate surface area is 176 Å². The SMILES string of the molecule is CCC(CC)c1cccc(Oc2ccc(CNC(=O)C3C=CC=NC3(N)F)cc2)c1. The van der Waals surface area contributed by atoms with Crippen molar-refractivity contribution in [3.63, 3.8) is 0 Å². The van der Waals surface area contributed by atoms with Crippen molar-refractivity contribution in [2.24, 2.45) is 16.6 Å². The standard InChI is InChI=1S/C24H28FN3O2/c1-3-18(4-2)19-7-5-8-21(15-19)30-20-12-10-17(11-13-20)16-27-23(29)22-9-6-14-28-24(22,25)26/h5-15,18,22H,3-4,16,26H2,1-2H3,(H,27,29). The number of nitrogens with two attached hydrogens (primary N) is 1. The zero-order valence-corrected chi connectivity index (χ0v) is 17.3. The minimum Gasteiger partial charge on any atom is -0.457 e. The average molecular weight is 410 g/mol. The number of hydrogen-bond acceptors (Lipinski definition) is 4. The van der Waals surface area contributed by atoms with Crippen LogP contribution in [0.4, 0.5) is 4.39 Å². The summed E-state index contributed by atoms with van der Waals surface area (Å²) in [4.78, 5) is 15.8. The van der Waals surface area contributed by atoms with Crippen molar-refractivity contribution in [3.8, 4) is 11.5 Å². The number of aliphatic imine (C=N–C) groups is 1. The van der Waals surface area contributed by atoms with Crippen LogP contribution in [0.1, 0.15) is 43.7 Å². The molecule has 2 aromatic carbocycles. The Kier molecular flexibility index (Phi) is 7.00. The molecule has 0 spiro atoms. The van der Waals surface area contributed by atoms with Gasteiger partial charge in [-0.15, -0.1) is 0 Å². The van der Waals surface area contributed by atoms with Gasteiger partial charge >= 0.3 is 0 Å². The van der Waals surface area contributed by atoms with Crippen LogP contribution in [0.3, 0.4) is 0 Å². The normalized spacial score (nSPS) is 20.4. The highest BCUT2D eigenvalue weighted by Gasteiger charge is 2.39. The van der Waals surface area contributed by atoms with Crippen LogP contribution >= 0.6 is 0 Å². The van der Waals surface area contributed by atoms with Crippen molar-refractivity contribution in [1.29, 1.82) is 0 Å². The van der Waals surface area contributed by atoms with Crippen LogP contribution in [-0.2, 0) is 11.3 Å². The molecule has 1 amide bonds. The molecule has 0 saturated heterocycles. The molecule has 30 heavy (non-hydrogen) atoms. The smallest absolute Gasteiger partial charge is 0.267 e. The molecular weight excluding hydrogens is 381 g/mol. The highest BCUT2D eigenvalue weighted by atomic mass is 19.1. The number of nitrogens with zero attached hydrogens (tertiary/aromatic N) is 1. The number of dihydropyridines is 1. The van der Waals surface area contributed by atoms with E-state index in [9.17, 15) is 9.18 Å². The zero-order valence-electron chi connectivity index (χ0n) is 17.3. The summed E-state index contributed by atoms with van der Waals surface area (Å²) in [5, 5.41) is 2.70. The molecule has 0 aromatic heterocycles. The van der Waals surface area contributed by atoms with Crippen molar-refractivity contribution in [2.75, 3.05) is 0 Å². The Bertz CT molecular complexity index is 918. The largest absolute Gasteiger partial charge is 0.457 e. The summed E-state index contributed by atoms with van der Waals surface area (Å²) in [6.45, 7) is 4.64. The molecule has 5 nitrogen and oxygen atoms in total. The fraction of sp³-hybridized carbons (Fsp3) is 0.333. The van der Waals surface area contributed by atoms with Gasteiger partial charge in [0.15, 0.2) is 0 Å². The van der Waals surface area contributed by atoms with E-state index >= 15 is 0 Å². The summed E-state index contributed by atoms with van der Waals surface area (Å²) in [5.74, 6) is -2.03. The van der Waals surface area contributed by atoms with E-state index in [1.54, 1.807) is 0 Å². The number of amides is 1. The fourth-order valence-electron chi connectivity index (χ4n) is 3.51. The number of carbonyl (C=O) groups excluding carboxylic acids is 1. The quantitative estimate of drug-likeness (QED) is 0.613. The molecule has 6 heteroatoms. The van der Waals surface area contributed by atoms with Gasteiger partial charge in [-0.05, 0) is 60.2 Å². The molecule has 2 unspecified atom stereocenters. The highest BCUT2D eigenvalue weighted by Crippen LogP contribution is 2.29. The summed E-state index contributed by atoms with van der Waals surface area (Å²) in [7, 11) is 0. The van der Waals surface area contributed by atoms with Crippen LogP contribution in [0, 0.1) is 5.92 Å². The molecule has 2 aromatic rings. The van der Waals surface area contributed by atoms with Crippen LogP contribution in [0.25, 0.3) is 0 Å². The third-order valence-electron chi connectivity index (χ3n) is 5.32. The van der Waals surface area contributed by atoms with Crippen LogP contribution in [0.5, 0.6) is 11.5 Å². The number of alkyl halides is 1. The lowest BCUT2D eigenvalue weighted by molar-refractivity contribution is -0.127. The lowest BCUT2D eigenvalue weighted by Crippen LogP contribution is -2.48. The molecule has 0 fully saturated rings. The topological polar surface area (TPSA) is 76.7 Å². The zero-order chi connectivity index (χ0) is 21.6. The van der Waals surface area contributed by atoms with Crippen molar-refractivity contribution in [3.05, 3.63) is 71.8 Å². The number of rotatable bonds is 8. The third-order valence-corrected chi connectivity index (χ3v) is 5.32. The molecule has 1 aliphatic heterocycles. The summed E-state index contributed by atoms with van der Waals surface area (Å²) < 4.78 is 20.1. The van der Waals surface area contributed by atoms with Crippen LogP contribution in [0.2, 0.25) is 0 Å². The Hall–Kier alpha value is -2.99. The Morgan fingerprint density at radius 1 is 1.20 bits per heavy atom. The first kappa shape index (κ1) is 21.7. The molecule has 3 N–H and O–H groups in total. The van der Waals surface area contributed by atoms with Gasteiger partial charge in [0.05, 0.1) is 0 Å². The number of hydrogen-bond donors (Lipinski definition) is 2. The Balaban J connectivity index is 1.58. The monoisotopic (exact) mass is 409 g/mol. The van der Waals surface area contributed by atoms with Gasteiger partial charge in [-0.2, -0.15) is 4.39 Å². The van der Waals surface area contributed by atoms with Gasteiger partial charge in [-0.1, -0.05) is 44.2 Å². The number of halogens is 1. The van der Waals surface area contributed by atoms with E-state index < -0.39 is 17.7 Å². The van der Waals surface area contributed by atoms with E-state index in [-0.39, 0.29) is 6.54 Å². The van der Waals surface area contributed by atoms with Gasteiger partial charge < -0.3 is 10.1 Å². The molecule has 1 aliphatic rings. The van der Waals surface area contributed by atoms with Crippen LogP contribution in [0.15, 0.2) is 65.7 Å². The second-order valence-corrected chi connectivity index (χ2v) is 7.42. The number of nitrogens with one attached hydrogen (secondary N) is 1. The Morgan fingerprint density at radius 2 is 1.93 bits per heavy atom. The molecule has 3 rings (SSSR count). The van der Waals surface area contributed by atoms with E-state index in [0.29, 0.717) is 11.7 Å². The summed E-state index contributed by atoms with van der Waals surface area (Å²) in [5.41, 5.74) is 7.59. The Morgan fingerprint density at radius 3 is 2.60 bits per heavy atom.